The first-order valence-electron chi connectivity index (χ1n) is 23.7. The number of rotatable bonds is 2. The second-order valence-electron chi connectivity index (χ2n) is 21.2. The Hall–Kier alpha value is -7.95. The minimum atomic E-state index is -0.0836. The Labute approximate surface area is 386 Å². The number of aromatic nitrogens is 4. The molecule has 0 saturated carbocycles. The van der Waals surface area contributed by atoms with Crippen LogP contribution in [0.1, 0.15) is 52.7 Å². The Morgan fingerprint density at radius 3 is 1.75 bits per heavy atom. The van der Waals surface area contributed by atoms with Gasteiger partial charge in [-0.3, -0.25) is 4.40 Å². The minimum absolute atomic E-state index is 0.0521. The normalized spacial score (nSPS) is 13.2. The summed E-state index contributed by atoms with van der Waals surface area (Å²) < 4.78 is 7.48. The fraction of sp³-hybridized carbons (Fsp3) is 0.127. The van der Waals surface area contributed by atoms with Crippen molar-refractivity contribution in [3.63, 3.8) is 0 Å². The molecule has 0 aliphatic rings. The van der Waals surface area contributed by atoms with E-state index in [2.05, 4.69) is 225 Å². The summed E-state index contributed by atoms with van der Waals surface area (Å²) in [7, 11) is 0. The molecule has 0 spiro atoms. The summed E-state index contributed by atoms with van der Waals surface area (Å²) in [5, 5.41) is 16.3. The second-order valence-corrected chi connectivity index (χ2v) is 21.2. The Balaban J connectivity index is 1.13. The maximum Gasteiger partial charge on any atom is 0.146 e. The number of para-hydroxylation sites is 2. The van der Waals surface area contributed by atoms with Gasteiger partial charge in [0.1, 0.15) is 5.65 Å². The summed E-state index contributed by atoms with van der Waals surface area (Å²) in [6, 6.07) is 64.0. The van der Waals surface area contributed by atoms with Gasteiger partial charge in [0, 0.05) is 59.7 Å². The summed E-state index contributed by atoms with van der Waals surface area (Å²) in [6.07, 6.45) is 0. The molecule has 6 aromatic heterocycles. The molecular formula is C63H46N4. The molecule has 0 unspecified atom stereocenters. The van der Waals surface area contributed by atoms with Gasteiger partial charge >= 0.3 is 0 Å². The van der Waals surface area contributed by atoms with Gasteiger partial charge in [-0.1, -0.05) is 139 Å². The predicted octanol–water partition coefficient (Wildman–Crippen LogP) is 17.0. The third-order valence-electron chi connectivity index (χ3n) is 15.3. The lowest BCUT2D eigenvalue weighted by Crippen LogP contribution is -2.10. The predicted molar refractivity (Wildman–Crippen MR) is 286 cm³/mol. The Morgan fingerprint density at radius 2 is 0.970 bits per heavy atom. The first-order chi connectivity index (χ1) is 32.5. The van der Waals surface area contributed by atoms with Gasteiger partial charge in [-0.2, -0.15) is 0 Å². The molecule has 15 rings (SSSR count). The van der Waals surface area contributed by atoms with Crippen molar-refractivity contribution >= 4 is 120 Å². The minimum Gasteiger partial charge on any atom is -0.309 e. The number of benzene rings is 9. The van der Waals surface area contributed by atoms with Crippen molar-refractivity contribution < 1.29 is 0 Å². The lowest BCUT2D eigenvalue weighted by Gasteiger charge is -2.19. The highest BCUT2D eigenvalue weighted by atomic mass is 15.0. The van der Waals surface area contributed by atoms with Crippen molar-refractivity contribution in [2.75, 3.05) is 0 Å². The number of pyridine rings is 1. The van der Waals surface area contributed by atoms with Gasteiger partial charge in [-0.15, -0.1) is 0 Å². The molecule has 0 amide bonds. The van der Waals surface area contributed by atoms with E-state index in [0.29, 0.717) is 0 Å². The second kappa shape index (κ2) is 12.5. The quantitative estimate of drug-likeness (QED) is 0.170. The van der Waals surface area contributed by atoms with Crippen LogP contribution in [-0.2, 0) is 10.8 Å². The van der Waals surface area contributed by atoms with Crippen molar-refractivity contribution in [2.24, 2.45) is 0 Å². The Bertz CT molecular complexity index is 4620. The van der Waals surface area contributed by atoms with Crippen LogP contribution in [0, 0.1) is 0 Å². The maximum atomic E-state index is 5.92. The summed E-state index contributed by atoms with van der Waals surface area (Å²) in [6.45, 7) is 14.0. The Morgan fingerprint density at radius 1 is 0.373 bits per heavy atom. The van der Waals surface area contributed by atoms with Gasteiger partial charge in [-0.25, -0.2) is 4.98 Å². The van der Waals surface area contributed by atoms with E-state index < -0.39 is 0 Å². The van der Waals surface area contributed by atoms with Crippen LogP contribution in [0.4, 0.5) is 0 Å². The topological polar surface area (TPSA) is 26.6 Å². The summed E-state index contributed by atoms with van der Waals surface area (Å²) in [4.78, 5) is 5.92. The molecule has 0 aliphatic carbocycles. The summed E-state index contributed by atoms with van der Waals surface area (Å²) >= 11 is 0. The first kappa shape index (κ1) is 37.3. The molecule has 0 N–H and O–H groups in total. The van der Waals surface area contributed by atoms with Gasteiger partial charge in [0.2, 0.25) is 0 Å². The molecule has 67 heavy (non-hydrogen) atoms. The van der Waals surface area contributed by atoms with Crippen molar-refractivity contribution in [3.05, 3.63) is 181 Å². The first-order valence-corrected chi connectivity index (χ1v) is 23.7. The third kappa shape index (κ3) is 4.79. The largest absolute Gasteiger partial charge is 0.309 e. The summed E-state index contributed by atoms with van der Waals surface area (Å²) in [5.41, 5.74) is 16.7. The van der Waals surface area contributed by atoms with Crippen molar-refractivity contribution in [1.82, 2.24) is 18.4 Å². The maximum absolute atomic E-state index is 5.92. The van der Waals surface area contributed by atoms with E-state index in [9.17, 15) is 0 Å². The average molecular weight is 859 g/mol. The molecule has 0 bridgehead atoms. The van der Waals surface area contributed by atoms with Crippen LogP contribution in [0.2, 0.25) is 0 Å². The van der Waals surface area contributed by atoms with Crippen LogP contribution in [0.15, 0.2) is 170 Å². The molecule has 0 fully saturated rings. The van der Waals surface area contributed by atoms with Gasteiger partial charge in [0.25, 0.3) is 0 Å². The van der Waals surface area contributed by atoms with Crippen LogP contribution in [0.5, 0.6) is 0 Å². The van der Waals surface area contributed by atoms with Gasteiger partial charge in [0.15, 0.2) is 0 Å². The summed E-state index contributed by atoms with van der Waals surface area (Å²) in [5.74, 6) is 0. The van der Waals surface area contributed by atoms with Crippen LogP contribution in [-0.4, -0.2) is 18.4 Å². The highest BCUT2D eigenvalue weighted by Crippen LogP contribution is 2.50. The molecule has 318 valence electrons. The van der Waals surface area contributed by atoms with E-state index in [1.165, 1.54) is 125 Å². The van der Waals surface area contributed by atoms with Crippen molar-refractivity contribution in [3.8, 4) is 16.8 Å². The molecule has 4 heteroatoms. The molecule has 0 atom stereocenters. The van der Waals surface area contributed by atoms with Crippen molar-refractivity contribution in [1.29, 1.82) is 0 Å². The molecule has 0 aliphatic heterocycles. The number of hydrogen-bond donors (Lipinski definition) is 0. The zero-order chi connectivity index (χ0) is 44.8. The third-order valence-corrected chi connectivity index (χ3v) is 15.3. The number of fused-ring (bicyclic) bond motifs is 18. The molecule has 0 radical (unpaired) electrons. The molecular weight excluding hydrogens is 813 g/mol. The Kier molecular flexibility index (Phi) is 6.94. The molecule has 9 aromatic carbocycles. The molecule has 15 aromatic rings. The van der Waals surface area contributed by atoms with Crippen molar-refractivity contribution in [2.45, 2.75) is 52.4 Å². The monoisotopic (exact) mass is 858 g/mol. The number of nitrogens with zero attached hydrogens (tertiary/aromatic N) is 4. The number of hydrogen-bond acceptors (Lipinski definition) is 1. The van der Waals surface area contributed by atoms with E-state index in [4.69, 9.17) is 4.98 Å². The van der Waals surface area contributed by atoms with Crippen LogP contribution < -0.4 is 0 Å². The van der Waals surface area contributed by atoms with Gasteiger partial charge < -0.3 is 8.97 Å². The zero-order valence-electron chi connectivity index (χ0n) is 38.5. The SMILES string of the molecule is CC(C)(C)c1cc2c3cc4c(nc3n3c5ccc6ccccc6c5c(c1)c23)c1cc(C(C)(C)C)cc2c3cc5ccccc5c(-c5ccc6c(c5)c5ccccc5n6-c5ccccc5)c3n4c21. The van der Waals surface area contributed by atoms with E-state index in [-0.39, 0.29) is 10.8 Å². The smallest absolute Gasteiger partial charge is 0.146 e. The fourth-order valence-corrected chi connectivity index (χ4v) is 12.1. The highest BCUT2D eigenvalue weighted by Gasteiger charge is 2.29. The van der Waals surface area contributed by atoms with E-state index in [1.54, 1.807) is 0 Å². The lowest BCUT2D eigenvalue weighted by molar-refractivity contribution is 0.591. The standard InChI is InChI=1S/C63H46N4/c1-62(2,3)38-31-47-48-34-54-57(64-61(48)67-53-27-24-35-16-10-12-20-41(35)56(53)49(32-38)58(47)67)50-33-39(63(4,5)6)30-46-45-28-36-17-11-13-21-42(36)55(60(45)66(54)59(46)50)37-25-26-52-44(29-37)43-22-14-15-23-51(43)65(52)40-18-8-7-9-19-40/h7-34H,1-6H3. The van der Waals surface area contributed by atoms with Crippen LogP contribution in [0.25, 0.3) is 137 Å². The lowest BCUT2D eigenvalue weighted by atomic mass is 9.85. The van der Waals surface area contributed by atoms with Crippen LogP contribution >= 0.6 is 0 Å². The molecule has 4 nitrogen and oxygen atoms in total. The van der Waals surface area contributed by atoms with Gasteiger partial charge in [-0.05, 0) is 122 Å². The molecule has 0 saturated heterocycles. The van der Waals surface area contributed by atoms with Crippen LogP contribution in [0.3, 0.4) is 0 Å². The average Bonchev–Trinajstić information content (AvgIpc) is 4.12. The van der Waals surface area contributed by atoms with E-state index in [1.807, 2.05) is 0 Å². The fourth-order valence-electron chi connectivity index (χ4n) is 12.1. The zero-order valence-corrected chi connectivity index (χ0v) is 38.5. The van der Waals surface area contributed by atoms with Gasteiger partial charge in [0.05, 0.1) is 44.1 Å². The van der Waals surface area contributed by atoms with E-state index in [0.717, 1.165) is 22.4 Å². The highest BCUT2D eigenvalue weighted by molar-refractivity contribution is 6.32. The van der Waals surface area contributed by atoms with E-state index >= 15 is 0 Å². The molecule has 6 heterocycles.